The van der Waals surface area contributed by atoms with E-state index in [4.69, 9.17) is 5.73 Å². The van der Waals surface area contributed by atoms with Crippen molar-refractivity contribution in [1.82, 2.24) is 9.88 Å². The van der Waals surface area contributed by atoms with Crippen LogP contribution in [0.2, 0.25) is 0 Å². The lowest BCUT2D eigenvalue weighted by molar-refractivity contribution is 0.373. The average molecular weight is 256 g/mol. The molecule has 0 aliphatic heterocycles. The second-order valence-corrected chi connectivity index (χ2v) is 5.58. The minimum absolute atomic E-state index is 0.0165. The molecule has 0 amide bonds. The number of nitrogens with zero attached hydrogens (tertiary/aromatic N) is 3. The van der Waals surface area contributed by atoms with Crippen LogP contribution in [0, 0.1) is 0 Å². The lowest BCUT2D eigenvalue weighted by Gasteiger charge is -2.29. The van der Waals surface area contributed by atoms with Gasteiger partial charge in [0.05, 0.1) is 5.69 Å². The van der Waals surface area contributed by atoms with Crippen LogP contribution in [0.15, 0.2) is 5.38 Å². The topological polar surface area (TPSA) is 45.4 Å². The van der Waals surface area contributed by atoms with Crippen molar-refractivity contribution < 1.29 is 0 Å². The fourth-order valence-corrected chi connectivity index (χ4v) is 2.98. The van der Waals surface area contributed by atoms with Crippen molar-refractivity contribution in [3.05, 3.63) is 11.1 Å². The summed E-state index contributed by atoms with van der Waals surface area (Å²) in [5.74, 6) is 0. The second-order valence-electron chi connectivity index (χ2n) is 4.74. The third kappa shape index (κ3) is 3.94. The van der Waals surface area contributed by atoms with Gasteiger partial charge in [0.1, 0.15) is 0 Å². The molecule has 0 bridgehead atoms. The van der Waals surface area contributed by atoms with Gasteiger partial charge >= 0.3 is 0 Å². The molecule has 0 saturated heterocycles. The van der Waals surface area contributed by atoms with E-state index in [2.05, 4.69) is 48.1 Å². The van der Waals surface area contributed by atoms with Gasteiger partial charge in [0.2, 0.25) is 0 Å². The molecule has 17 heavy (non-hydrogen) atoms. The van der Waals surface area contributed by atoms with Crippen molar-refractivity contribution in [2.75, 3.05) is 32.1 Å². The van der Waals surface area contributed by atoms with Gasteiger partial charge in [-0.1, -0.05) is 0 Å². The normalized spacial score (nSPS) is 15.0. The van der Waals surface area contributed by atoms with Gasteiger partial charge in [-0.15, -0.1) is 11.3 Å². The van der Waals surface area contributed by atoms with Gasteiger partial charge in [-0.05, 0) is 34.9 Å². The van der Waals surface area contributed by atoms with E-state index in [1.165, 1.54) is 0 Å². The summed E-state index contributed by atoms with van der Waals surface area (Å²) < 4.78 is 0. The molecule has 5 heteroatoms. The number of nitrogens with two attached hydrogens (primary N) is 1. The fourth-order valence-electron chi connectivity index (χ4n) is 1.88. The van der Waals surface area contributed by atoms with E-state index in [1.807, 2.05) is 6.92 Å². The Morgan fingerprint density at radius 2 is 2.06 bits per heavy atom. The molecule has 0 fully saturated rings. The lowest BCUT2D eigenvalue weighted by atomic mass is 10.3. The Balaban J connectivity index is 2.78. The third-order valence-electron chi connectivity index (χ3n) is 2.72. The number of thiazole rings is 1. The summed E-state index contributed by atoms with van der Waals surface area (Å²) in [5, 5.41) is 3.14. The second kappa shape index (κ2) is 6.33. The largest absolute Gasteiger partial charge is 0.344 e. The van der Waals surface area contributed by atoms with E-state index in [0.717, 1.165) is 23.9 Å². The van der Waals surface area contributed by atoms with Gasteiger partial charge in [-0.2, -0.15) is 0 Å². The van der Waals surface area contributed by atoms with E-state index in [9.17, 15) is 0 Å². The molecule has 0 saturated carbocycles. The molecule has 0 aliphatic rings. The van der Waals surface area contributed by atoms with Crippen LogP contribution in [-0.2, 0) is 0 Å². The van der Waals surface area contributed by atoms with Crippen molar-refractivity contribution >= 4 is 16.5 Å². The first-order chi connectivity index (χ1) is 7.95. The number of likely N-dealkylation sites (N-methyl/N-ethyl adjacent to an activating group) is 2. The number of hydrogen-bond acceptors (Lipinski definition) is 5. The molecular weight excluding hydrogens is 232 g/mol. The number of rotatable bonds is 6. The molecule has 0 aromatic carbocycles. The molecule has 2 atom stereocenters. The monoisotopic (exact) mass is 256 g/mol. The van der Waals surface area contributed by atoms with Crippen LogP contribution < -0.4 is 10.6 Å². The third-order valence-corrected chi connectivity index (χ3v) is 3.62. The smallest absolute Gasteiger partial charge is 0.185 e. The summed E-state index contributed by atoms with van der Waals surface area (Å²) in [4.78, 5) is 9.14. The van der Waals surface area contributed by atoms with Gasteiger partial charge in [-0.25, -0.2) is 4.98 Å². The summed E-state index contributed by atoms with van der Waals surface area (Å²) in [5.41, 5.74) is 6.83. The highest BCUT2D eigenvalue weighted by Gasteiger charge is 2.17. The van der Waals surface area contributed by atoms with Crippen LogP contribution in [0.25, 0.3) is 0 Å². The van der Waals surface area contributed by atoms with Crippen LogP contribution in [0.4, 0.5) is 5.13 Å². The van der Waals surface area contributed by atoms with Crippen molar-refractivity contribution in [3.63, 3.8) is 0 Å². The van der Waals surface area contributed by atoms with Crippen LogP contribution >= 0.6 is 11.3 Å². The Bertz CT molecular complexity index is 335. The molecule has 1 aromatic heterocycles. The highest BCUT2D eigenvalue weighted by atomic mass is 32.1. The Morgan fingerprint density at radius 3 is 2.47 bits per heavy atom. The molecule has 1 aromatic rings. The standard InChI is InChI=1S/C12H24N4S/c1-6-16(9(2)7-15(4)5)12-14-11(8-17-12)10(3)13/h8-10H,6-7,13H2,1-5H3. The predicted octanol–water partition coefficient (Wildman–Crippen LogP) is 1.94. The van der Waals surface area contributed by atoms with E-state index < -0.39 is 0 Å². The molecule has 2 N–H and O–H groups in total. The minimum atomic E-state index is 0.0165. The minimum Gasteiger partial charge on any atom is -0.344 e. The van der Waals surface area contributed by atoms with Crippen LogP contribution in [0.5, 0.6) is 0 Å². The first-order valence-electron chi connectivity index (χ1n) is 6.08. The Morgan fingerprint density at radius 1 is 1.41 bits per heavy atom. The van der Waals surface area contributed by atoms with Crippen molar-refractivity contribution in [3.8, 4) is 0 Å². The quantitative estimate of drug-likeness (QED) is 0.845. The SMILES string of the molecule is CCN(c1nc(C(C)N)cs1)C(C)CN(C)C. The lowest BCUT2D eigenvalue weighted by Crippen LogP contribution is -2.40. The van der Waals surface area contributed by atoms with Gasteiger partial charge in [-0.3, -0.25) is 0 Å². The maximum Gasteiger partial charge on any atom is 0.185 e. The highest BCUT2D eigenvalue weighted by Crippen LogP contribution is 2.24. The zero-order valence-electron chi connectivity index (χ0n) is 11.5. The van der Waals surface area contributed by atoms with Gasteiger partial charge in [0.15, 0.2) is 5.13 Å². The molecule has 1 rings (SSSR count). The Hall–Kier alpha value is -0.650. The Labute approximate surface area is 108 Å². The molecule has 0 spiro atoms. The summed E-state index contributed by atoms with van der Waals surface area (Å²) >= 11 is 1.68. The van der Waals surface area contributed by atoms with Crippen molar-refractivity contribution in [2.45, 2.75) is 32.9 Å². The van der Waals surface area contributed by atoms with Gasteiger partial charge in [0, 0.05) is 30.6 Å². The van der Waals surface area contributed by atoms with E-state index in [1.54, 1.807) is 11.3 Å². The highest BCUT2D eigenvalue weighted by molar-refractivity contribution is 7.13. The first kappa shape index (κ1) is 14.4. The van der Waals surface area contributed by atoms with Crippen molar-refractivity contribution in [2.24, 2.45) is 5.73 Å². The zero-order chi connectivity index (χ0) is 13.0. The number of hydrogen-bond donors (Lipinski definition) is 1. The summed E-state index contributed by atoms with van der Waals surface area (Å²) in [6, 6.07) is 0.477. The molecule has 98 valence electrons. The summed E-state index contributed by atoms with van der Waals surface area (Å²) in [7, 11) is 4.19. The van der Waals surface area contributed by atoms with E-state index >= 15 is 0 Å². The molecule has 2 unspecified atom stereocenters. The molecule has 0 aliphatic carbocycles. The van der Waals surface area contributed by atoms with Crippen LogP contribution in [-0.4, -0.2) is 43.1 Å². The van der Waals surface area contributed by atoms with E-state index in [-0.39, 0.29) is 6.04 Å². The molecule has 4 nitrogen and oxygen atoms in total. The van der Waals surface area contributed by atoms with Crippen LogP contribution in [0.3, 0.4) is 0 Å². The molecule has 1 heterocycles. The maximum absolute atomic E-state index is 5.84. The zero-order valence-corrected chi connectivity index (χ0v) is 12.3. The summed E-state index contributed by atoms with van der Waals surface area (Å²) in [6.07, 6.45) is 0. The van der Waals surface area contributed by atoms with Gasteiger partial charge < -0.3 is 15.5 Å². The first-order valence-corrected chi connectivity index (χ1v) is 6.96. The average Bonchev–Trinajstić information content (AvgIpc) is 2.66. The van der Waals surface area contributed by atoms with Gasteiger partial charge in [0.25, 0.3) is 0 Å². The maximum atomic E-state index is 5.84. The number of aromatic nitrogens is 1. The van der Waals surface area contributed by atoms with E-state index in [0.29, 0.717) is 6.04 Å². The molecule has 0 radical (unpaired) electrons. The Kier molecular flexibility index (Phi) is 5.36. The number of anilines is 1. The summed E-state index contributed by atoms with van der Waals surface area (Å²) in [6.45, 7) is 8.37. The fraction of sp³-hybridized carbons (Fsp3) is 0.750. The van der Waals surface area contributed by atoms with Crippen molar-refractivity contribution in [1.29, 1.82) is 0 Å². The molecular formula is C12H24N4S. The van der Waals surface area contributed by atoms with Crippen LogP contribution in [0.1, 0.15) is 32.5 Å². The predicted molar refractivity (Wildman–Crippen MR) is 75.8 cm³/mol.